The summed E-state index contributed by atoms with van der Waals surface area (Å²) in [6.45, 7) is 48.3. The predicted octanol–water partition coefficient (Wildman–Crippen LogP) is 15.5. The Morgan fingerprint density at radius 2 is 1.10 bits per heavy atom. The summed E-state index contributed by atoms with van der Waals surface area (Å²) in [6.07, 6.45) is 15.1. The van der Waals surface area contributed by atoms with Crippen LogP contribution in [0.5, 0.6) is 0 Å². The van der Waals surface area contributed by atoms with E-state index < -0.39 is 33.3 Å². The van der Waals surface area contributed by atoms with Crippen molar-refractivity contribution in [2.45, 2.75) is 201 Å². The lowest BCUT2D eigenvalue weighted by Gasteiger charge is -2.44. The van der Waals surface area contributed by atoms with Crippen LogP contribution in [0.4, 0.5) is 0 Å². The Labute approximate surface area is 435 Å². The van der Waals surface area contributed by atoms with Gasteiger partial charge in [-0.05, 0) is 102 Å². The Bertz CT molecular complexity index is 1970. The minimum absolute atomic E-state index is 0.00417. The van der Waals surface area contributed by atoms with Gasteiger partial charge in [0.1, 0.15) is 0 Å². The molecule has 0 aromatic heterocycles. The van der Waals surface area contributed by atoms with Gasteiger partial charge in [-0.3, -0.25) is 9.63 Å². The largest absolute Gasteiger partial charge is 0.413 e. The van der Waals surface area contributed by atoms with Crippen LogP contribution in [-0.4, -0.2) is 83.3 Å². The van der Waals surface area contributed by atoms with E-state index in [2.05, 4.69) is 249 Å². The van der Waals surface area contributed by atoms with Crippen molar-refractivity contribution in [1.29, 1.82) is 0 Å². The second kappa shape index (κ2) is 25.8. The van der Waals surface area contributed by atoms with Crippen molar-refractivity contribution in [3.63, 3.8) is 0 Å². The van der Waals surface area contributed by atoms with Gasteiger partial charge in [-0.2, -0.15) is 0 Å². The van der Waals surface area contributed by atoms with E-state index in [0.717, 1.165) is 23.7 Å². The molecule has 390 valence electrons. The lowest BCUT2D eigenvalue weighted by Crippen LogP contribution is -2.66. The van der Waals surface area contributed by atoms with Crippen LogP contribution in [0, 0.1) is 11.8 Å². The summed E-state index contributed by atoms with van der Waals surface area (Å²) < 4.78 is 30.0. The highest BCUT2D eigenvalue weighted by molar-refractivity contribution is 9.11. The topological polar surface area (TPSA) is 66.5 Å². The van der Waals surface area contributed by atoms with Gasteiger partial charge in [0.2, 0.25) is 0 Å². The fourth-order valence-corrected chi connectivity index (χ4v) is 16.5. The molecule has 0 bridgehead atoms. The molecular weight excluding hydrogens is 987 g/mol. The van der Waals surface area contributed by atoms with Gasteiger partial charge in [0.25, 0.3) is 14.2 Å². The van der Waals surface area contributed by atoms with E-state index in [9.17, 15) is 4.79 Å². The van der Waals surface area contributed by atoms with E-state index in [0.29, 0.717) is 6.61 Å². The van der Waals surface area contributed by atoms with Crippen LogP contribution in [0.3, 0.4) is 0 Å². The molecule has 5 atom stereocenters. The first kappa shape index (κ1) is 63.1. The first-order chi connectivity index (χ1) is 31.5. The Morgan fingerprint density at radius 3 is 1.52 bits per heavy atom. The highest BCUT2D eigenvalue weighted by atomic mass is 79.9. The predicted molar refractivity (Wildman–Crippen MR) is 311 cm³/mol. The molecule has 0 N–H and O–H groups in total. The molecule has 0 unspecified atom stereocenters. The molecule has 0 saturated heterocycles. The number of hydroxylamine groups is 2. The van der Waals surface area contributed by atoms with Crippen molar-refractivity contribution in [3.8, 4) is 0 Å². The van der Waals surface area contributed by atoms with Crippen molar-refractivity contribution in [2.75, 3.05) is 20.8 Å². The molecule has 2 aromatic rings. The quantitative estimate of drug-likeness (QED) is 0.0452. The van der Waals surface area contributed by atoms with Gasteiger partial charge in [-0.15, -0.1) is 0 Å². The molecule has 0 saturated carbocycles. The van der Waals surface area contributed by atoms with Crippen LogP contribution >= 0.6 is 15.9 Å². The minimum atomic E-state index is -2.73. The minimum Gasteiger partial charge on any atom is -0.413 e. The monoisotopic (exact) mass is 1080 g/mol. The van der Waals surface area contributed by atoms with Crippen LogP contribution in [-0.2, 0) is 27.3 Å². The molecule has 0 fully saturated rings. The van der Waals surface area contributed by atoms with Gasteiger partial charge in [-0.25, -0.2) is 5.06 Å². The number of rotatable bonds is 24. The zero-order chi connectivity index (χ0) is 53.0. The Morgan fingerprint density at radius 1 is 0.667 bits per heavy atom. The van der Waals surface area contributed by atoms with Gasteiger partial charge in [0, 0.05) is 17.4 Å². The summed E-state index contributed by atoms with van der Waals surface area (Å²) in [5.41, 5.74) is 1.27. The SMILES string of the molecule is CON(C)C(=O)[C@H](C)[C@H](CC/C(C)=C/C/C=C(Br)/C=C\[C@@H](O[Si](C)(C)C(C)(C)C)[C@H](C)[C@H](/C=C/CO[Si](c1ccccc1)(c1ccccc1)C(C)(C)C)O[Si](C)(C)C(C)(C)C)O[Si](C)(C)C(C)(C)C. The lowest BCUT2D eigenvalue weighted by atomic mass is 9.97. The summed E-state index contributed by atoms with van der Waals surface area (Å²) >= 11 is 3.91. The molecule has 0 spiro atoms. The van der Waals surface area contributed by atoms with Crippen molar-refractivity contribution < 1.29 is 27.3 Å². The fourth-order valence-electron chi connectivity index (χ4n) is 7.59. The Hall–Kier alpha value is -1.98. The van der Waals surface area contributed by atoms with Gasteiger partial charge in [0.05, 0.1) is 37.9 Å². The summed E-state index contributed by atoms with van der Waals surface area (Å²) in [5, 5.41) is 3.80. The van der Waals surface area contributed by atoms with Crippen molar-refractivity contribution in [1.82, 2.24) is 5.06 Å². The van der Waals surface area contributed by atoms with Crippen molar-refractivity contribution in [3.05, 3.63) is 107 Å². The normalized spacial score (nSPS) is 16.8. The molecule has 0 heterocycles. The van der Waals surface area contributed by atoms with Gasteiger partial charge >= 0.3 is 0 Å². The second-order valence-electron chi connectivity index (χ2n) is 24.9. The third kappa shape index (κ3) is 17.9. The maximum atomic E-state index is 13.3. The maximum absolute atomic E-state index is 13.3. The molecule has 0 aliphatic heterocycles. The number of allylic oxidation sites excluding steroid dienone is 5. The Kier molecular flexibility index (Phi) is 23.6. The average Bonchev–Trinajstić information content (AvgIpc) is 3.23. The number of amides is 1. The number of carbonyl (C=O) groups excluding carboxylic acids is 1. The fraction of sp³-hybridized carbons (Fsp3) is 0.632. The average molecular weight is 1090 g/mol. The molecule has 0 aliphatic rings. The number of benzene rings is 2. The van der Waals surface area contributed by atoms with E-state index in [1.54, 1.807) is 7.05 Å². The van der Waals surface area contributed by atoms with Gasteiger partial charge in [0.15, 0.2) is 25.0 Å². The number of hydrogen-bond acceptors (Lipinski definition) is 6. The third-order valence-corrected chi connectivity index (χ3v) is 34.5. The first-order valence-electron chi connectivity index (χ1n) is 25.4. The molecule has 2 aromatic carbocycles. The van der Waals surface area contributed by atoms with Crippen LogP contribution in [0.1, 0.15) is 123 Å². The zero-order valence-corrected chi connectivity index (χ0v) is 53.3. The lowest BCUT2D eigenvalue weighted by molar-refractivity contribution is -0.176. The smallest absolute Gasteiger partial charge is 0.261 e. The van der Waals surface area contributed by atoms with E-state index in [1.807, 2.05) is 6.92 Å². The van der Waals surface area contributed by atoms with Gasteiger partial charge in [-0.1, -0.05) is 209 Å². The van der Waals surface area contributed by atoms with Gasteiger partial charge < -0.3 is 17.7 Å². The molecule has 7 nitrogen and oxygen atoms in total. The molecule has 0 radical (unpaired) electrons. The second-order valence-corrected chi connectivity index (χ2v) is 44.4. The number of carbonyl (C=O) groups is 1. The number of hydrogen-bond donors (Lipinski definition) is 0. The molecule has 0 aliphatic carbocycles. The molecular formula is C57H98BrNO6Si4. The van der Waals surface area contributed by atoms with Crippen molar-refractivity contribution >= 4 is 65.5 Å². The van der Waals surface area contributed by atoms with Crippen LogP contribution < -0.4 is 10.4 Å². The van der Waals surface area contributed by atoms with Crippen LogP contribution in [0.25, 0.3) is 0 Å². The molecule has 12 heteroatoms. The van der Waals surface area contributed by atoms with E-state index >= 15 is 0 Å². The molecule has 69 heavy (non-hydrogen) atoms. The summed E-state index contributed by atoms with van der Waals surface area (Å²) in [7, 11) is -6.15. The van der Waals surface area contributed by atoms with Crippen molar-refractivity contribution in [2.24, 2.45) is 11.8 Å². The molecule has 1 amide bonds. The summed E-state index contributed by atoms with van der Waals surface area (Å²) in [5.74, 6) is -0.402. The van der Waals surface area contributed by atoms with E-state index in [-0.39, 0.29) is 56.2 Å². The number of halogens is 1. The van der Waals surface area contributed by atoms with E-state index in [1.165, 1.54) is 28.1 Å². The number of nitrogens with zero attached hydrogens (tertiary/aromatic N) is 1. The standard InChI is InChI=1S/C57H98BrNO6Si4/c1-44(39-41-52(46(3)53(60)59(16)61-17)65-68(22,23)56(10,11)12)32-30-33-47(58)40-42-51(64-67(20,21)55(7,8)9)45(2)50(63-66(18,19)54(4,5)6)38-31-43-62-69(57(13,14)15,48-34-26-24-27-35-48)49-36-28-25-29-37-49/h24-29,31-38,40,42,45-46,50-52H,30,39,41,43H2,1-23H3/b38-31+,42-40-,44-32+,47-33-/t45-,46-,50+,51-,52+/m1/s1. The zero-order valence-electron chi connectivity index (χ0n) is 47.7. The first-order valence-corrected chi connectivity index (χ1v) is 36.8. The van der Waals surface area contributed by atoms with Crippen LogP contribution in [0.15, 0.2) is 107 Å². The third-order valence-electron chi connectivity index (χ3n) is 15.5. The molecule has 2 rings (SSSR count). The van der Waals surface area contributed by atoms with Crippen LogP contribution in [0.2, 0.25) is 59.4 Å². The highest BCUT2D eigenvalue weighted by Gasteiger charge is 2.50. The summed E-state index contributed by atoms with van der Waals surface area (Å²) in [6, 6.07) is 21.7. The summed E-state index contributed by atoms with van der Waals surface area (Å²) in [4.78, 5) is 18.5. The maximum Gasteiger partial charge on any atom is 0.261 e. The van der Waals surface area contributed by atoms with E-state index in [4.69, 9.17) is 22.5 Å². The highest BCUT2D eigenvalue weighted by Crippen LogP contribution is 2.43. The Balaban J connectivity index is 2.54.